The fourth-order valence-corrected chi connectivity index (χ4v) is 1.27. The van der Waals surface area contributed by atoms with E-state index in [9.17, 15) is 9.90 Å². The van der Waals surface area contributed by atoms with Crippen molar-refractivity contribution in [3.05, 3.63) is 24.8 Å². The number of nitrogens with zero attached hydrogens (tertiary/aromatic N) is 1. The standard InChI is InChI=1S/C11H20N2O2/c1-7-11(4,15)8-13(5,6)12-10(14)9(2)3/h7,15H,1-2,8H2,3-6H3/p+1. The van der Waals surface area contributed by atoms with E-state index in [1.165, 1.54) is 6.08 Å². The molecule has 0 radical (unpaired) electrons. The van der Waals surface area contributed by atoms with Crippen LogP contribution in [0, 0.1) is 0 Å². The highest BCUT2D eigenvalue weighted by atomic mass is 16.3. The second-order valence-electron chi connectivity index (χ2n) is 4.63. The lowest BCUT2D eigenvalue weighted by Gasteiger charge is -2.34. The molecule has 0 aromatic heterocycles. The lowest BCUT2D eigenvalue weighted by molar-refractivity contribution is -0.929. The fraction of sp³-hybridized carbons (Fsp3) is 0.545. The van der Waals surface area contributed by atoms with Crippen LogP contribution in [0.4, 0.5) is 0 Å². The van der Waals surface area contributed by atoms with E-state index >= 15 is 0 Å². The topological polar surface area (TPSA) is 49.3 Å². The monoisotopic (exact) mass is 213 g/mol. The van der Waals surface area contributed by atoms with Crippen molar-refractivity contribution in [1.82, 2.24) is 5.43 Å². The molecule has 4 heteroatoms. The van der Waals surface area contributed by atoms with Gasteiger partial charge in [-0.3, -0.25) is 4.79 Å². The maximum Gasteiger partial charge on any atom is 0.290 e. The lowest BCUT2D eigenvalue weighted by Crippen LogP contribution is -2.59. The Labute approximate surface area is 91.5 Å². The Morgan fingerprint density at radius 3 is 2.40 bits per heavy atom. The molecule has 15 heavy (non-hydrogen) atoms. The SMILES string of the molecule is C=CC(C)(O)C[N+](C)(C)NC(=O)C(=C)C. The molecule has 0 saturated heterocycles. The van der Waals surface area contributed by atoms with Crippen LogP contribution >= 0.6 is 0 Å². The average Bonchev–Trinajstić information content (AvgIpc) is 2.01. The Morgan fingerprint density at radius 1 is 1.60 bits per heavy atom. The summed E-state index contributed by atoms with van der Waals surface area (Å²) in [5.41, 5.74) is 2.17. The van der Waals surface area contributed by atoms with E-state index in [1.807, 2.05) is 0 Å². The summed E-state index contributed by atoms with van der Waals surface area (Å²) in [5.74, 6) is -0.222. The predicted molar refractivity (Wildman–Crippen MR) is 60.8 cm³/mol. The number of hydrogen-bond donors (Lipinski definition) is 2. The molecule has 1 amide bonds. The first-order chi connectivity index (χ1) is 6.59. The molecule has 0 aliphatic carbocycles. The number of likely N-dealkylation sites (N-methyl/N-ethyl adjacent to an activating group) is 1. The second-order valence-corrected chi connectivity index (χ2v) is 4.63. The Kier molecular flexibility index (Phi) is 4.25. The number of aliphatic hydroxyl groups is 1. The molecule has 0 bridgehead atoms. The van der Waals surface area contributed by atoms with Gasteiger partial charge < -0.3 is 5.11 Å². The van der Waals surface area contributed by atoms with Gasteiger partial charge in [0.15, 0.2) is 0 Å². The molecule has 86 valence electrons. The van der Waals surface area contributed by atoms with Gasteiger partial charge in [0.25, 0.3) is 5.91 Å². The van der Waals surface area contributed by atoms with Crippen molar-refractivity contribution in [1.29, 1.82) is 0 Å². The average molecular weight is 213 g/mol. The summed E-state index contributed by atoms with van der Waals surface area (Å²) in [5, 5.41) is 9.80. The minimum absolute atomic E-state index is 0.171. The fourth-order valence-electron chi connectivity index (χ4n) is 1.27. The first kappa shape index (κ1) is 13.9. The van der Waals surface area contributed by atoms with Gasteiger partial charge in [-0.2, -0.15) is 5.43 Å². The van der Waals surface area contributed by atoms with Crippen LogP contribution in [0.3, 0.4) is 0 Å². The Balaban J connectivity index is 4.50. The molecule has 1 atom stereocenters. The highest BCUT2D eigenvalue weighted by Gasteiger charge is 2.29. The number of amides is 1. The van der Waals surface area contributed by atoms with E-state index in [0.717, 1.165) is 0 Å². The molecule has 4 nitrogen and oxygen atoms in total. The zero-order valence-electron chi connectivity index (χ0n) is 10.0. The summed E-state index contributed by atoms with van der Waals surface area (Å²) < 4.78 is 0.171. The third kappa shape index (κ3) is 5.34. The van der Waals surface area contributed by atoms with Crippen LogP contribution in [-0.4, -0.2) is 41.8 Å². The Bertz CT molecular complexity index is 280. The van der Waals surface area contributed by atoms with E-state index in [1.54, 1.807) is 27.9 Å². The molecule has 1 unspecified atom stereocenters. The van der Waals surface area contributed by atoms with E-state index in [0.29, 0.717) is 12.1 Å². The molecule has 0 spiro atoms. The Hall–Kier alpha value is -1.13. The van der Waals surface area contributed by atoms with E-state index in [2.05, 4.69) is 18.6 Å². The molecular formula is C11H21N2O2+. The van der Waals surface area contributed by atoms with Crippen LogP contribution in [0.5, 0.6) is 0 Å². The van der Waals surface area contributed by atoms with Gasteiger partial charge in [0.1, 0.15) is 12.1 Å². The summed E-state index contributed by atoms with van der Waals surface area (Å²) in [6, 6.07) is 0. The van der Waals surface area contributed by atoms with Crippen molar-refractivity contribution >= 4 is 5.91 Å². The van der Waals surface area contributed by atoms with E-state index in [4.69, 9.17) is 0 Å². The predicted octanol–water partition coefficient (Wildman–Crippen LogP) is 0.607. The number of nitrogens with one attached hydrogen (secondary N) is 1. The summed E-state index contributed by atoms with van der Waals surface area (Å²) >= 11 is 0. The van der Waals surface area contributed by atoms with Gasteiger partial charge >= 0.3 is 0 Å². The molecule has 0 saturated carbocycles. The molecule has 0 fully saturated rings. The van der Waals surface area contributed by atoms with Crippen molar-refractivity contribution < 1.29 is 14.5 Å². The zero-order valence-corrected chi connectivity index (χ0v) is 10.0. The quantitative estimate of drug-likeness (QED) is 0.304. The van der Waals surface area contributed by atoms with Crippen LogP contribution < -0.4 is 5.43 Å². The lowest BCUT2D eigenvalue weighted by atomic mass is 10.1. The number of hydrogen-bond acceptors (Lipinski definition) is 2. The van der Waals surface area contributed by atoms with Gasteiger partial charge in [0.05, 0.1) is 14.1 Å². The molecule has 0 aliphatic rings. The minimum atomic E-state index is -1.01. The van der Waals surface area contributed by atoms with Crippen molar-refractivity contribution in [2.75, 3.05) is 20.6 Å². The first-order valence-corrected chi connectivity index (χ1v) is 4.77. The molecule has 0 aromatic carbocycles. The van der Waals surface area contributed by atoms with Gasteiger partial charge in [0.2, 0.25) is 0 Å². The molecule has 0 aliphatic heterocycles. The molecule has 0 heterocycles. The van der Waals surface area contributed by atoms with E-state index in [-0.39, 0.29) is 10.5 Å². The summed E-state index contributed by atoms with van der Waals surface area (Å²) in [6.45, 7) is 10.7. The van der Waals surface area contributed by atoms with E-state index < -0.39 is 5.60 Å². The second kappa shape index (κ2) is 4.59. The van der Waals surface area contributed by atoms with Crippen LogP contribution in [-0.2, 0) is 4.79 Å². The third-order valence-electron chi connectivity index (χ3n) is 1.95. The van der Waals surface area contributed by atoms with Gasteiger partial charge in [-0.25, -0.2) is 4.59 Å². The number of quaternary nitrogens is 1. The highest BCUT2D eigenvalue weighted by molar-refractivity contribution is 5.91. The van der Waals surface area contributed by atoms with Crippen molar-refractivity contribution in [2.45, 2.75) is 19.4 Å². The number of carbonyl (C=O) groups excluding carboxylic acids is 1. The van der Waals surface area contributed by atoms with Gasteiger partial charge in [-0.15, -0.1) is 6.58 Å². The summed E-state index contributed by atoms with van der Waals surface area (Å²) in [6.07, 6.45) is 1.46. The minimum Gasteiger partial charge on any atom is -0.380 e. The highest BCUT2D eigenvalue weighted by Crippen LogP contribution is 2.09. The normalized spacial score (nSPS) is 15.3. The maximum atomic E-state index is 11.4. The van der Waals surface area contributed by atoms with Crippen molar-refractivity contribution in [3.8, 4) is 0 Å². The smallest absolute Gasteiger partial charge is 0.290 e. The number of rotatable bonds is 5. The number of carbonyl (C=O) groups is 1. The maximum absolute atomic E-state index is 11.4. The molecule has 2 N–H and O–H groups in total. The van der Waals surface area contributed by atoms with Crippen LogP contribution in [0.25, 0.3) is 0 Å². The van der Waals surface area contributed by atoms with Crippen LogP contribution in [0.2, 0.25) is 0 Å². The molecule has 0 rings (SSSR count). The third-order valence-corrected chi connectivity index (χ3v) is 1.95. The van der Waals surface area contributed by atoms with Gasteiger partial charge in [-0.05, 0) is 13.8 Å². The van der Waals surface area contributed by atoms with Crippen molar-refractivity contribution in [3.63, 3.8) is 0 Å². The zero-order chi connectivity index (χ0) is 12.3. The van der Waals surface area contributed by atoms with Gasteiger partial charge in [-0.1, -0.05) is 12.7 Å². The molecular weight excluding hydrogens is 192 g/mol. The summed E-state index contributed by atoms with van der Waals surface area (Å²) in [4.78, 5) is 11.4. The first-order valence-electron chi connectivity index (χ1n) is 4.77. The van der Waals surface area contributed by atoms with Crippen LogP contribution in [0.15, 0.2) is 24.8 Å². The Morgan fingerprint density at radius 2 is 2.07 bits per heavy atom. The van der Waals surface area contributed by atoms with Crippen LogP contribution in [0.1, 0.15) is 13.8 Å². The van der Waals surface area contributed by atoms with Crippen molar-refractivity contribution in [2.24, 2.45) is 0 Å². The summed E-state index contributed by atoms with van der Waals surface area (Å²) in [7, 11) is 3.58. The molecule has 0 aromatic rings. The van der Waals surface area contributed by atoms with Gasteiger partial charge in [0, 0.05) is 5.57 Å². The largest absolute Gasteiger partial charge is 0.380 e.